The molecule has 0 radical (unpaired) electrons. The third kappa shape index (κ3) is 3.18. The number of carbonyl (C=O) groups is 1. The predicted molar refractivity (Wildman–Crippen MR) is 105 cm³/mol. The molecule has 2 aliphatic rings. The van der Waals surface area contributed by atoms with E-state index in [1.54, 1.807) is 31.8 Å². The van der Waals surface area contributed by atoms with Gasteiger partial charge in [0.05, 0.1) is 30.8 Å². The summed E-state index contributed by atoms with van der Waals surface area (Å²) in [6.45, 7) is 3.13. The van der Waals surface area contributed by atoms with Crippen molar-refractivity contribution in [2.45, 2.75) is 0 Å². The van der Waals surface area contributed by atoms with Crippen molar-refractivity contribution in [3.05, 3.63) is 54.5 Å². The van der Waals surface area contributed by atoms with Crippen LogP contribution in [0.3, 0.4) is 0 Å². The van der Waals surface area contributed by atoms with Crippen molar-refractivity contribution in [1.82, 2.24) is 29.9 Å². The molecule has 29 heavy (non-hydrogen) atoms. The van der Waals surface area contributed by atoms with E-state index in [0.717, 1.165) is 26.2 Å². The van der Waals surface area contributed by atoms with Crippen molar-refractivity contribution in [2.24, 2.45) is 11.8 Å². The van der Waals surface area contributed by atoms with Crippen LogP contribution >= 0.6 is 0 Å². The molecule has 1 aromatic carbocycles. The second-order valence-electron chi connectivity index (χ2n) is 7.37. The van der Waals surface area contributed by atoms with Crippen molar-refractivity contribution in [3.63, 3.8) is 0 Å². The normalized spacial score (nSPS) is 20.7. The van der Waals surface area contributed by atoms with Gasteiger partial charge in [0.25, 0.3) is 5.91 Å². The monoisotopic (exact) mass is 391 g/mol. The standard InChI is InChI=1S/C20H21N7O2/c1-29-18-6-7-21-20(24-18)26-12-14-10-25(11-15(14)13-26)19(28)16-4-2-3-5-17(16)27-22-8-9-23-27/h2-9,14-15H,10-13H2,1H3. The number of amides is 1. The van der Waals surface area contributed by atoms with Crippen LogP contribution in [0.2, 0.25) is 0 Å². The molecule has 2 fully saturated rings. The van der Waals surface area contributed by atoms with Crippen LogP contribution in [0, 0.1) is 11.8 Å². The maximum absolute atomic E-state index is 13.2. The van der Waals surface area contributed by atoms with Gasteiger partial charge in [-0.1, -0.05) is 12.1 Å². The average Bonchev–Trinajstić information content (AvgIpc) is 3.49. The Morgan fingerprint density at radius 3 is 2.45 bits per heavy atom. The van der Waals surface area contributed by atoms with Gasteiger partial charge >= 0.3 is 0 Å². The highest BCUT2D eigenvalue weighted by molar-refractivity contribution is 5.97. The van der Waals surface area contributed by atoms with Gasteiger partial charge in [0.15, 0.2) is 0 Å². The smallest absolute Gasteiger partial charge is 0.256 e. The van der Waals surface area contributed by atoms with E-state index in [-0.39, 0.29) is 5.91 Å². The molecule has 0 N–H and O–H groups in total. The number of aromatic nitrogens is 5. The Balaban J connectivity index is 1.30. The fourth-order valence-corrected chi connectivity index (χ4v) is 4.26. The van der Waals surface area contributed by atoms with E-state index >= 15 is 0 Å². The summed E-state index contributed by atoms with van der Waals surface area (Å²) in [5.74, 6) is 2.09. The first-order valence-corrected chi connectivity index (χ1v) is 9.60. The molecule has 9 heteroatoms. The number of hydrogen-bond donors (Lipinski definition) is 0. The van der Waals surface area contributed by atoms with Crippen molar-refractivity contribution in [1.29, 1.82) is 0 Å². The van der Waals surface area contributed by atoms with Crippen molar-refractivity contribution in [3.8, 4) is 11.6 Å². The summed E-state index contributed by atoms with van der Waals surface area (Å²) in [7, 11) is 1.60. The minimum absolute atomic E-state index is 0.0245. The SMILES string of the molecule is COc1ccnc(N2CC3CN(C(=O)c4ccccc4-n4nccn4)CC3C2)n1. The van der Waals surface area contributed by atoms with Crippen molar-refractivity contribution >= 4 is 11.9 Å². The molecule has 5 rings (SSSR count). The summed E-state index contributed by atoms with van der Waals surface area (Å²) in [4.78, 5) is 27.7. The van der Waals surface area contributed by atoms with Crippen LogP contribution in [0.4, 0.5) is 5.95 Å². The van der Waals surface area contributed by atoms with E-state index in [0.29, 0.717) is 34.9 Å². The maximum Gasteiger partial charge on any atom is 0.256 e. The number of rotatable bonds is 4. The molecule has 2 atom stereocenters. The van der Waals surface area contributed by atoms with Crippen LogP contribution in [0.15, 0.2) is 48.9 Å². The van der Waals surface area contributed by atoms with Gasteiger partial charge in [-0.25, -0.2) is 4.98 Å². The number of hydrogen-bond acceptors (Lipinski definition) is 7. The lowest BCUT2D eigenvalue weighted by atomic mass is 10.0. The lowest BCUT2D eigenvalue weighted by Crippen LogP contribution is -2.34. The molecule has 0 spiro atoms. The van der Waals surface area contributed by atoms with Gasteiger partial charge < -0.3 is 14.5 Å². The summed E-state index contributed by atoms with van der Waals surface area (Å²) in [6.07, 6.45) is 4.93. The van der Waals surface area contributed by atoms with E-state index in [1.807, 2.05) is 29.2 Å². The summed E-state index contributed by atoms with van der Waals surface area (Å²) in [6, 6.07) is 9.21. The molecule has 4 heterocycles. The third-order valence-electron chi connectivity index (χ3n) is 5.65. The van der Waals surface area contributed by atoms with Gasteiger partial charge in [-0.05, 0) is 12.1 Å². The first-order valence-electron chi connectivity index (χ1n) is 9.60. The van der Waals surface area contributed by atoms with Crippen LogP contribution in [-0.2, 0) is 0 Å². The lowest BCUT2D eigenvalue weighted by molar-refractivity contribution is 0.0782. The number of methoxy groups -OCH3 is 1. The van der Waals surface area contributed by atoms with E-state index in [4.69, 9.17) is 4.74 Å². The molecule has 2 unspecified atom stereocenters. The van der Waals surface area contributed by atoms with E-state index in [1.165, 1.54) is 4.80 Å². The van der Waals surface area contributed by atoms with Gasteiger partial charge in [0, 0.05) is 50.3 Å². The first kappa shape index (κ1) is 17.6. The molecular formula is C20H21N7O2. The average molecular weight is 391 g/mol. The summed E-state index contributed by atoms with van der Waals surface area (Å²) < 4.78 is 5.20. The maximum atomic E-state index is 13.2. The topological polar surface area (TPSA) is 89.3 Å². The number of carbonyl (C=O) groups excluding carboxylic acids is 1. The van der Waals surface area contributed by atoms with Crippen LogP contribution in [0.25, 0.3) is 5.69 Å². The van der Waals surface area contributed by atoms with Gasteiger partial charge in [-0.2, -0.15) is 20.0 Å². The molecule has 0 saturated carbocycles. The molecule has 3 aromatic rings. The van der Waals surface area contributed by atoms with E-state index in [2.05, 4.69) is 25.1 Å². The number of benzene rings is 1. The number of nitrogens with zero attached hydrogens (tertiary/aromatic N) is 7. The Bertz CT molecular complexity index is 1010. The zero-order valence-corrected chi connectivity index (χ0v) is 16.0. The summed E-state index contributed by atoms with van der Waals surface area (Å²) >= 11 is 0. The summed E-state index contributed by atoms with van der Waals surface area (Å²) in [5, 5.41) is 8.35. The highest BCUT2D eigenvalue weighted by Crippen LogP contribution is 2.34. The molecule has 2 aromatic heterocycles. The Morgan fingerprint density at radius 1 is 1.00 bits per heavy atom. The summed E-state index contributed by atoms with van der Waals surface area (Å²) in [5.41, 5.74) is 1.32. The molecule has 148 valence electrons. The van der Waals surface area contributed by atoms with Crippen molar-refractivity contribution < 1.29 is 9.53 Å². The van der Waals surface area contributed by atoms with Gasteiger partial charge in [0.1, 0.15) is 0 Å². The highest BCUT2D eigenvalue weighted by Gasteiger charge is 2.42. The Labute approximate surface area is 167 Å². The van der Waals surface area contributed by atoms with Gasteiger partial charge in [-0.15, -0.1) is 0 Å². The fraction of sp³-hybridized carbons (Fsp3) is 0.350. The van der Waals surface area contributed by atoms with Gasteiger partial charge in [0.2, 0.25) is 11.8 Å². The molecule has 2 aliphatic heterocycles. The number of ether oxygens (including phenoxy) is 1. The molecule has 2 saturated heterocycles. The molecule has 0 aliphatic carbocycles. The molecule has 9 nitrogen and oxygen atoms in total. The predicted octanol–water partition coefficient (Wildman–Crippen LogP) is 1.27. The van der Waals surface area contributed by atoms with Crippen molar-refractivity contribution in [2.75, 3.05) is 38.2 Å². The van der Waals surface area contributed by atoms with E-state index < -0.39 is 0 Å². The quantitative estimate of drug-likeness (QED) is 0.662. The lowest BCUT2D eigenvalue weighted by Gasteiger charge is -2.22. The van der Waals surface area contributed by atoms with Gasteiger partial charge in [-0.3, -0.25) is 4.79 Å². The Kier molecular flexibility index (Phi) is 4.34. The van der Waals surface area contributed by atoms with Crippen LogP contribution < -0.4 is 9.64 Å². The number of likely N-dealkylation sites (tertiary alicyclic amines) is 1. The van der Waals surface area contributed by atoms with Crippen LogP contribution in [0.5, 0.6) is 5.88 Å². The first-order chi connectivity index (χ1) is 14.2. The minimum atomic E-state index is 0.0245. The minimum Gasteiger partial charge on any atom is -0.481 e. The number of fused-ring (bicyclic) bond motifs is 1. The molecular weight excluding hydrogens is 370 g/mol. The zero-order chi connectivity index (χ0) is 19.8. The third-order valence-corrected chi connectivity index (χ3v) is 5.65. The number of para-hydroxylation sites is 1. The number of anilines is 1. The van der Waals surface area contributed by atoms with E-state index in [9.17, 15) is 4.79 Å². The molecule has 1 amide bonds. The highest BCUT2D eigenvalue weighted by atomic mass is 16.5. The van der Waals surface area contributed by atoms with Crippen LogP contribution in [-0.4, -0.2) is 69.1 Å². The second-order valence-corrected chi connectivity index (χ2v) is 7.37. The fourth-order valence-electron chi connectivity index (χ4n) is 4.26. The second kappa shape index (κ2) is 7.16. The van der Waals surface area contributed by atoms with Crippen LogP contribution in [0.1, 0.15) is 10.4 Å². The zero-order valence-electron chi connectivity index (χ0n) is 16.0. The molecule has 0 bridgehead atoms. The largest absolute Gasteiger partial charge is 0.481 e. The Morgan fingerprint density at radius 2 is 1.72 bits per heavy atom. The Hall–Kier alpha value is -3.49.